The van der Waals surface area contributed by atoms with Crippen LogP contribution in [0.1, 0.15) is 0 Å². The van der Waals surface area contributed by atoms with Gasteiger partial charge in [0.2, 0.25) is 0 Å². The van der Waals surface area contributed by atoms with Crippen LogP contribution in [0.2, 0.25) is 0 Å². The maximum absolute atomic E-state index is 10.7. The van der Waals surface area contributed by atoms with E-state index in [2.05, 4.69) is 10.2 Å². The number of amides is 1. The van der Waals surface area contributed by atoms with E-state index in [1.54, 1.807) is 0 Å². The van der Waals surface area contributed by atoms with Gasteiger partial charge in [-0.15, -0.1) is 0 Å². The number of hydrogen-bond donors (Lipinski definition) is 2. The Bertz CT molecular complexity index is 478. The molecule has 2 N–H and O–H groups in total. The zero-order valence-corrected chi connectivity index (χ0v) is 7.56. The topological polar surface area (TPSA) is 69.2 Å². The van der Waals surface area contributed by atoms with E-state index in [1.807, 2.05) is 24.3 Å². The number of para-hydroxylation sites is 1. The lowest BCUT2D eigenvalue weighted by atomic mass is 10.2. The molecule has 5 heteroatoms. The third-order valence-corrected chi connectivity index (χ3v) is 2.05. The van der Waals surface area contributed by atoms with Crippen LogP contribution in [0.3, 0.4) is 0 Å². The molecule has 0 spiro atoms. The summed E-state index contributed by atoms with van der Waals surface area (Å²) >= 11 is 0. The first-order valence-electron chi connectivity index (χ1n) is 4.10. The zero-order valence-electron chi connectivity index (χ0n) is 7.56. The lowest BCUT2D eigenvalue weighted by Gasteiger charge is -2.08. The zero-order chi connectivity index (χ0) is 10.1. The number of carbonyl (C=O) groups is 1. The van der Waals surface area contributed by atoms with Crippen molar-refractivity contribution in [2.24, 2.45) is 0 Å². The summed E-state index contributed by atoms with van der Waals surface area (Å²) in [5, 5.41) is 16.3. The summed E-state index contributed by atoms with van der Waals surface area (Å²) in [5.74, 6) is 0.424. The summed E-state index contributed by atoms with van der Waals surface area (Å²) < 4.78 is 0. The van der Waals surface area contributed by atoms with Gasteiger partial charge in [-0.3, -0.25) is 10.00 Å². The Labute approximate surface area is 80.0 Å². The summed E-state index contributed by atoms with van der Waals surface area (Å²) in [6.07, 6.45) is -1.03. The molecule has 1 aromatic carbocycles. The average Bonchev–Trinajstić information content (AvgIpc) is 2.60. The van der Waals surface area contributed by atoms with Crippen molar-refractivity contribution in [3.63, 3.8) is 0 Å². The predicted octanol–water partition coefficient (Wildman–Crippen LogP) is 1.68. The number of hydrogen-bond acceptors (Lipinski definition) is 2. The van der Waals surface area contributed by atoms with E-state index in [1.165, 1.54) is 7.05 Å². The minimum Gasteiger partial charge on any atom is -0.465 e. The molecule has 5 nitrogen and oxygen atoms in total. The van der Waals surface area contributed by atoms with Crippen molar-refractivity contribution in [2.45, 2.75) is 0 Å². The summed E-state index contributed by atoms with van der Waals surface area (Å²) in [6, 6.07) is 7.39. The largest absolute Gasteiger partial charge is 0.465 e. The van der Waals surface area contributed by atoms with Gasteiger partial charge in [-0.2, -0.15) is 5.10 Å². The first-order valence-corrected chi connectivity index (χ1v) is 4.10. The molecule has 0 atom stereocenters. The molecule has 0 bridgehead atoms. The van der Waals surface area contributed by atoms with Gasteiger partial charge < -0.3 is 5.11 Å². The minimum absolute atomic E-state index is 0.424. The SMILES string of the molecule is CN(C(=O)O)c1n[nH]c2ccccc12. The molecule has 1 aromatic heterocycles. The van der Waals surface area contributed by atoms with Crippen molar-refractivity contribution in [1.82, 2.24) is 10.2 Å². The van der Waals surface area contributed by atoms with Crippen molar-refractivity contribution in [3.05, 3.63) is 24.3 Å². The lowest BCUT2D eigenvalue weighted by molar-refractivity contribution is 0.203. The fourth-order valence-electron chi connectivity index (χ4n) is 1.30. The number of benzene rings is 1. The van der Waals surface area contributed by atoms with Crippen LogP contribution in [0, 0.1) is 0 Å². The molecule has 0 fully saturated rings. The quantitative estimate of drug-likeness (QED) is 0.720. The Kier molecular flexibility index (Phi) is 1.85. The molecule has 14 heavy (non-hydrogen) atoms. The third kappa shape index (κ3) is 1.19. The van der Waals surface area contributed by atoms with Crippen LogP contribution in [-0.4, -0.2) is 28.4 Å². The van der Waals surface area contributed by atoms with Crippen molar-refractivity contribution in [3.8, 4) is 0 Å². The van der Waals surface area contributed by atoms with Gasteiger partial charge in [0, 0.05) is 12.4 Å². The molecule has 72 valence electrons. The Morgan fingerprint density at radius 1 is 1.50 bits per heavy atom. The van der Waals surface area contributed by atoms with E-state index in [0.29, 0.717) is 5.82 Å². The molecule has 0 radical (unpaired) electrons. The van der Waals surface area contributed by atoms with E-state index in [9.17, 15) is 4.79 Å². The fraction of sp³-hybridized carbons (Fsp3) is 0.111. The van der Waals surface area contributed by atoms with Crippen molar-refractivity contribution >= 4 is 22.8 Å². The summed E-state index contributed by atoms with van der Waals surface area (Å²) in [4.78, 5) is 11.8. The molecule has 0 aliphatic heterocycles. The Hall–Kier alpha value is -2.04. The molecular formula is C9H9N3O2. The van der Waals surface area contributed by atoms with Crippen LogP contribution >= 0.6 is 0 Å². The number of aromatic amines is 1. The highest BCUT2D eigenvalue weighted by atomic mass is 16.4. The number of anilines is 1. The fourth-order valence-corrected chi connectivity index (χ4v) is 1.30. The van der Waals surface area contributed by atoms with Gasteiger partial charge in [0.05, 0.1) is 5.52 Å². The number of H-pyrrole nitrogens is 1. The second-order valence-corrected chi connectivity index (χ2v) is 2.93. The number of fused-ring (bicyclic) bond motifs is 1. The van der Waals surface area contributed by atoms with Crippen LogP contribution in [0.25, 0.3) is 10.9 Å². The van der Waals surface area contributed by atoms with Crippen LogP contribution in [0.15, 0.2) is 24.3 Å². The molecule has 1 amide bonds. The number of carboxylic acid groups (broad SMARTS) is 1. The molecule has 2 aromatic rings. The van der Waals surface area contributed by atoms with Gasteiger partial charge in [-0.05, 0) is 12.1 Å². The van der Waals surface area contributed by atoms with Crippen LogP contribution in [-0.2, 0) is 0 Å². The second-order valence-electron chi connectivity index (χ2n) is 2.93. The first-order chi connectivity index (χ1) is 6.70. The third-order valence-electron chi connectivity index (χ3n) is 2.05. The molecular weight excluding hydrogens is 182 g/mol. The Balaban J connectivity index is 2.58. The maximum atomic E-state index is 10.7. The van der Waals surface area contributed by atoms with E-state index >= 15 is 0 Å². The molecule has 0 aliphatic rings. The predicted molar refractivity (Wildman–Crippen MR) is 52.5 cm³/mol. The average molecular weight is 191 g/mol. The van der Waals surface area contributed by atoms with Gasteiger partial charge in [-0.1, -0.05) is 12.1 Å². The highest BCUT2D eigenvalue weighted by Gasteiger charge is 2.14. The van der Waals surface area contributed by atoms with E-state index < -0.39 is 6.09 Å². The van der Waals surface area contributed by atoms with Crippen molar-refractivity contribution in [1.29, 1.82) is 0 Å². The lowest BCUT2D eigenvalue weighted by Crippen LogP contribution is -2.24. The standard InChI is InChI=1S/C9H9N3O2/c1-12(9(13)14)8-6-4-2-3-5-7(6)10-11-8/h2-5H,1H3,(H,10,11)(H,13,14). The molecule has 0 saturated heterocycles. The van der Waals surface area contributed by atoms with Gasteiger partial charge in [0.1, 0.15) is 0 Å². The second kappa shape index (κ2) is 3.02. The first kappa shape index (κ1) is 8.55. The summed E-state index contributed by atoms with van der Waals surface area (Å²) in [6.45, 7) is 0. The van der Waals surface area contributed by atoms with E-state index in [0.717, 1.165) is 15.8 Å². The van der Waals surface area contributed by atoms with Gasteiger partial charge in [-0.25, -0.2) is 4.79 Å². The van der Waals surface area contributed by atoms with E-state index in [4.69, 9.17) is 5.11 Å². The van der Waals surface area contributed by atoms with Crippen LogP contribution in [0.4, 0.5) is 10.6 Å². The number of rotatable bonds is 1. The smallest absolute Gasteiger partial charge is 0.412 e. The van der Waals surface area contributed by atoms with Gasteiger partial charge in [0.25, 0.3) is 0 Å². The number of aromatic nitrogens is 2. The number of nitrogens with one attached hydrogen (secondary N) is 1. The van der Waals surface area contributed by atoms with Crippen molar-refractivity contribution < 1.29 is 9.90 Å². The highest BCUT2D eigenvalue weighted by molar-refractivity contribution is 5.97. The molecule has 0 aliphatic carbocycles. The van der Waals surface area contributed by atoms with Crippen molar-refractivity contribution in [2.75, 3.05) is 11.9 Å². The molecule has 0 saturated carbocycles. The van der Waals surface area contributed by atoms with Crippen LogP contribution < -0.4 is 4.90 Å². The monoisotopic (exact) mass is 191 g/mol. The van der Waals surface area contributed by atoms with Crippen LogP contribution in [0.5, 0.6) is 0 Å². The van der Waals surface area contributed by atoms with Gasteiger partial charge >= 0.3 is 6.09 Å². The summed E-state index contributed by atoms with van der Waals surface area (Å²) in [5.41, 5.74) is 0.829. The maximum Gasteiger partial charge on any atom is 0.412 e. The van der Waals surface area contributed by atoms with Gasteiger partial charge in [0.15, 0.2) is 5.82 Å². The molecule has 0 unspecified atom stereocenters. The minimum atomic E-state index is -1.03. The molecule has 1 heterocycles. The Morgan fingerprint density at radius 2 is 2.21 bits per heavy atom. The normalized spacial score (nSPS) is 10.4. The highest BCUT2D eigenvalue weighted by Crippen LogP contribution is 2.22. The number of nitrogens with zero attached hydrogens (tertiary/aromatic N) is 2. The summed E-state index contributed by atoms with van der Waals surface area (Å²) in [7, 11) is 1.46. The molecule has 2 rings (SSSR count). The Morgan fingerprint density at radius 3 is 2.93 bits per heavy atom. The van der Waals surface area contributed by atoms with E-state index in [-0.39, 0.29) is 0 Å².